The number of hydrogen-bond donors (Lipinski definition) is 3. The van der Waals surface area contributed by atoms with Crippen LogP contribution in [0.4, 0.5) is 5.13 Å². The van der Waals surface area contributed by atoms with Gasteiger partial charge >= 0.3 is 11.8 Å². The van der Waals surface area contributed by atoms with Crippen LogP contribution in [0.25, 0.3) is 32.9 Å². The summed E-state index contributed by atoms with van der Waals surface area (Å²) in [5.74, 6) is 0.0588. The van der Waals surface area contributed by atoms with Gasteiger partial charge in [0, 0.05) is 48.7 Å². The molecule has 3 N–H and O–H groups in total. The van der Waals surface area contributed by atoms with Gasteiger partial charge in [-0.1, -0.05) is 49.4 Å². The lowest BCUT2D eigenvalue weighted by atomic mass is 9.96. The Balaban J connectivity index is 1.22. The number of rotatable bonds is 6. The van der Waals surface area contributed by atoms with E-state index in [1.807, 2.05) is 52.9 Å². The lowest BCUT2D eigenvalue weighted by Crippen LogP contribution is -2.43. The van der Waals surface area contributed by atoms with Gasteiger partial charge in [-0.25, -0.2) is 15.0 Å². The average molecular weight is 572 g/mol. The highest BCUT2D eigenvalue weighted by atomic mass is 32.1. The number of H-pyrrole nitrogens is 1. The number of piperazine rings is 1. The summed E-state index contributed by atoms with van der Waals surface area (Å²) in [7, 11) is 0. The second-order valence-electron chi connectivity index (χ2n) is 11.4. The van der Waals surface area contributed by atoms with Crippen LogP contribution in [-0.2, 0) is 5.41 Å². The Bertz CT molecular complexity index is 1710. The molecule has 1 atom stereocenters. The van der Waals surface area contributed by atoms with Crippen LogP contribution in [0, 0.1) is 6.92 Å². The Hall–Kier alpha value is -4.16. The maximum atomic E-state index is 12.8. The van der Waals surface area contributed by atoms with Gasteiger partial charge in [0.05, 0.1) is 22.3 Å². The number of aromatic nitrogens is 6. The second kappa shape index (κ2) is 10.7. The van der Waals surface area contributed by atoms with E-state index in [9.17, 15) is 4.79 Å². The van der Waals surface area contributed by atoms with E-state index in [1.54, 1.807) is 17.7 Å². The van der Waals surface area contributed by atoms with Gasteiger partial charge in [0.2, 0.25) is 0 Å². The molecule has 1 aromatic carbocycles. The van der Waals surface area contributed by atoms with Crippen LogP contribution in [0.1, 0.15) is 61.4 Å². The van der Waals surface area contributed by atoms with Crippen LogP contribution < -0.4 is 15.5 Å². The van der Waals surface area contributed by atoms with E-state index < -0.39 is 5.91 Å². The van der Waals surface area contributed by atoms with Crippen molar-refractivity contribution in [3.05, 3.63) is 59.6 Å². The number of aryl methyl sites for hydroxylation is 1. The van der Waals surface area contributed by atoms with Gasteiger partial charge in [-0.3, -0.25) is 4.79 Å². The Labute approximate surface area is 241 Å². The number of nitrogens with one attached hydrogen (secondary N) is 3. The molecule has 12 heteroatoms. The minimum Gasteiger partial charge on any atom is -0.346 e. The molecule has 0 radical (unpaired) electrons. The molecule has 0 spiro atoms. The van der Waals surface area contributed by atoms with Gasteiger partial charge in [0.15, 0.2) is 11.0 Å². The minimum atomic E-state index is -0.399. The third kappa shape index (κ3) is 5.44. The molecule has 0 saturated carbocycles. The predicted octanol–water partition coefficient (Wildman–Crippen LogP) is 4.64. The molecular weight excluding hydrogens is 538 g/mol. The van der Waals surface area contributed by atoms with E-state index >= 15 is 0 Å². The van der Waals surface area contributed by atoms with E-state index in [4.69, 9.17) is 4.52 Å². The van der Waals surface area contributed by atoms with Crippen molar-refractivity contribution in [2.75, 3.05) is 31.1 Å². The number of amides is 1. The van der Waals surface area contributed by atoms with Crippen molar-refractivity contribution in [2.24, 2.45) is 0 Å². The summed E-state index contributed by atoms with van der Waals surface area (Å²) >= 11 is 1.68. The molecule has 1 aliphatic rings. The molecule has 1 saturated heterocycles. The van der Waals surface area contributed by atoms with Crippen LogP contribution in [0.5, 0.6) is 0 Å². The highest BCUT2D eigenvalue weighted by molar-refractivity contribution is 7.18. The van der Waals surface area contributed by atoms with Crippen molar-refractivity contribution in [1.29, 1.82) is 0 Å². The third-order valence-corrected chi connectivity index (χ3v) is 8.31. The monoisotopic (exact) mass is 571 g/mol. The maximum Gasteiger partial charge on any atom is 0.315 e. The zero-order valence-electron chi connectivity index (χ0n) is 23.8. The number of benzene rings is 1. The van der Waals surface area contributed by atoms with E-state index in [1.165, 1.54) is 0 Å². The maximum absolute atomic E-state index is 12.8. The molecule has 1 unspecified atom stereocenters. The predicted molar refractivity (Wildman–Crippen MR) is 159 cm³/mol. The first kappa shape index (κ1) is 27.0. The summed E-state index contributed by atoms with van der Waals surface area (Å²) < 4.78 is 5.21. The number of fused-ring (bicyclic) bond motifs is 1. The smallest absolute Gasteiger partial charge is 0.315 e. The van der Waals surface area contributed by atoms with E-state index in [2.05, 4.69) is 57.7 Å². The molecule has 6 rings (SSSR count). The van der Waals surface area contributed by atoms with Crippen LogP contribution in [0.3, 0.4) is 0 Å². The van der Waals surface area contributed by atoms with Crippen molar-refractivity contribution in [3.8, 4) is 21.8 Å². The van der Waals surface area contributed by atoms with Gasteiger partial charge < -0.3 is 25.0 Å². The number of hydrogen-bond acceptors (Lipinski definition) is 10. The summed E-state index contributed by atoms with van der Waals surface area (Å²) in [4.78, 5) is 37.7. The first-order chi connectivity index (χ1) is 19.7. The topological polar surface area (TPSA) is 138 Å². The normalized spacial score (nSPS) is 14.9. The zero-order chi connectivity index (χ0) is 28.7. The molecule has 5 aromatic rings. The molecule has 4 aromatic heterocycles. The zero-order valence-corrected chi connectivity index (χ0v) is 24.6. The van der Waals surface area contributed by atoms with E-state index in [-0.39, 0.29) is 17.3 Å². The third-order valence-electron chi connectivity index (χ3n) is 7.22. The first-order valence-corrected chi connectivity index (χ1v) is 14.5. The van der Waals surface area contributed by atoms with Crippen molar-refractivity contribution in [2.45, 2.75) is 46.1 Å². The molecule has 1 fully saturated rings. The number of carbonyl (C=O) groups excluding carboxylic acids is 1. The first-order valence-electron chi connectivity index (χ1n) is 13.7. The van der Waals surface area contributed by atoms with Crippen LogP contribution in [0.2, 0.25) is 0 Å². The van der Waals surface area contributed by atoms with Gasteiger partial charge in [0.1, 0.15) is 12.0 Å². The Morgan fingerprint density at radius 1 is 1.15 bits per heavy atom. The van der Waals surface area contributed by atoms with Gasteiger partial charge in [-0.05, 0) is 37.1 Å². The lowest BCUT2D eigenvalue weighted by molar-refractivity contribution is 0.0895. The van der Waals surface area contributed by atoms with Gasteiger partial charge in [0.25, 0.3) is 0 Å². The van der Waals surface area contributed by atoms with Gasteiger partial charge in [-0.15, -0.1) is 0 Å². The SMILES string of the molecule is Cc1cc(-c2ncnc3[nH]c(-c4cnc(N5CCNCC5)s4)cc23)ccc1C(C)NC(=O)c1nc(C(C)(C)C)no1. The van der Waals surface area contributed by atoms with Crippen molar-refractivity contribution >= 4 is 33.4 Å². The minimum absolute atomic E-state index is 0.0383. The summed E-state index contributed by atoms with van der Waals surface area (Å²) in [5.41, 5.74) is 5.28. The van der Waals surface area contributed by atoms with Crippen molar-refractivity contribution in [3.63, 3.8) is 0 Å². The quantitative estimate of drug-likeness (QED) is 0.266. The van der Waals surface area contributed by atoms with Crippen molar-refractivity contribution in [1.82, 2.24) is 40.7 Å². The van der Waals surface area contributed by atoms with Gasteiger partial charge in [-0.2, -0.15) is 4.98 Å². The second-order valence-corrected chi connectivity index (χ2v) is 12.4. The van der Waals surface area contributed by atoms with E-state index in [0.717, 1.165) is 75.3 Å². The fourth-order valence-electron chi connectivity index (χ4n) is 4.96. The molecule has 5 heterocycles. The molecular formula is C29H33N9O2S. The molecule has 41 heavy (non-hydrogen) atoms. The summed E-state index contributed by atoms with van der Waals surface area (Å²) in [6.07, 6.45) is 3.51. The Kier molecular flexibility index (Phi) is 7.04. The molecule has 212 valence electrons. The average Bonchev–Trinajstić information content (AvgIpc) is 3.72. The molecule has 0 bridgehead atoms. The number of nitrogens with zero attached hydrogens (tertiary/aromatic N) is 6. The number of thiazole rings is 1. The Morgan fingerprint density at radius 3 is 2.68 bits per heavy atom. The number of anilines is 1. The number of carbonyl (C=O) groups is 1. The molecule has 11 nitrogen and oxygen atoms in total. The standard InChI is InChI=1S/C29H33N9O2S/c1-16-12-18(6-7-19(16)17(2)34-25(39)26-36-27(37-40-26)29(3,4)5)23-20-13-21(35-24(20)33-15-32-23)22-14-31-28(41-22)38-10-8-30-9-11-38/h6-7,12-15,17,30H,8-11H2,1-5H3,(H,34,39)(H,32,33,35). The molecule has 1 aliphatic heterocycles. The highest BCUT2D eigenvalue weighted by Crippen LogP contribution is 2.35. The van der Waals surface area contributed by atoms with Crippen molar-refractivity contribution < 1.29 is 9.32 Å². The van der Waals surface area contributed by atoms with Crippen LogP contribution in [0.15, 0.2) is 41.3 Å². The summed E-state index contributed by atoms with van der Waals surface area (Å²) in [6, 6.07) is 7.98. The lowest BCUT2D eigenvalue weighted by Gasteiger charge is -2.26. The largest absolute Gasteiger partial charge is 0.346 e. The molecule has 1 amide bonds. The number of aromatic amines is 1. The summed E-state index contributed by atoms with van der Waals surface area (Å²) in [5, 5.41) is 12.3. The Morgan fingerprint density at radius 2 is 1.95 bits per heavy atom. The van der Waals surface area contributed by atoms with E-state index in [0.29, 0.717) is 5.82 Å². The van der Waals surface area contributed by atoms with Crippen LogP contribution >= 0.6 is 11.3 Å². The molecule has 0 aliphatic carbocycles. The highest BCUT2D eigenvalue weighted by Gasteiger charge is 2.25. The van der Waals surface area contributed by atoms with Crippen LogP contribution in [-0.4, -0.2) is 62.2 Å². The summed E-state index contributed by atoms with van der Waals surface area (Å²) in [6.45, 7) is 13.7. The fourth-order valence-corrected chi connectivity index (χ4v) is 5.90. The fraction of sp³-hybridized carbons (Fsp3) is 0.379.